The number of rotatable bonds is 8. The van der Waals surface area contributed by atoms with E-state index in [1.165, 1.54) is 31.0 Å². The third kappa shape index (κ3) is 5.17. The second kappa shape index (κ2) is 10.2. The van der Waals surface area contributed by atoms with Crippen LogP contribution in [-0.2, 0) is 17.9 Å². The van der Waals surface area contributed by atoms with E-state index in [0.29, 0.717) is 46.3 Å². The van der Waals surface area contributed by atoms with Crippen molar-refractivity contribution in [1.82, 2.24) is 25.4 Å². The highest BCUT2D eigenvalue weighted by Gasteiger charge is 2.23. The number of ether oxygens (including phenoxy) is 2. The standard InChI is InChI=1S/C22H29N5O4S/c1-3-27-19(11-23-21(29)15-8-9-17-18(10-15)31-13-30-17)25-26-22(27)32-12-20(28)24-16-7-5-4-6-14(16)2/h8-10,14,16H,3-7,11-13H2,1-2H3,(H,23,29)(H,24,28)/t14-,16-/m1/s1. The zero-order valence-corrected chi connectivity index (χ0v) is 19.2. The molecule has 2 atom stereocenters. The molecule has 2 aromatic rings. The molecule has 0 unspecified atom stereocenters. The fourth-order valence-corrected chi connectivity index (χ4v) is 4.92. The van der Waals surface area contributed by atoms with E-state index in [0.717, 1.165) is 6.42 Å². The Hall–Kier alpha value is -2.75. The molecule has 1 saturated carbocycles. The first-order valence-corrected chi connectivity index (χ1v) is 12.1. The van der Waals surface area contributed by atoms with Crippen LogP contribution in [-0.4, -0.2) is 45.2 Å². The summed E-state index contributed by atoms with van der Waals surface area (Å²) in [6.07, 6.45) is 4.64. The minimum atomic E-state index is -0.232. The Kier molecular flexibility index (Phi) is 7.19. The third-order valence-corrected chi connectivity index (χ3v) is 6.91. The molecule has 1 fully saturated rings. The molecule has 1 aliphatic carbocycles. The van der Waals surface area contributed by atoms with Crippen LogP contribution in [0, 0.1) is 5.92 Å². The first-order valence-electron chi connectivity index (χ1n) is 11.1. The van der Waals surface area contributed by atoms with E-state index in [-0.39, 0.29) is 31.2 Å². The molecule has 4 rings (SSSR count). The maximum Gasteiger partial charge on any atom is 0.251 e. The van der Waals surface area contributed by atoms with Crippen molar-refractivity contribution in [2.75, 3.05) is 12.5 Å². The average Bonchev–Trinajstić information content (AvgIpc) is 3.43. The number of fused-ring (bicyclic) bond motifs is 1. The van der Waals surface area contributed by atoms with E-state index in [1.54, 1.807) is 18.2 Å². The molecule has 0 spiro atoms. The maximum absolute atomic E-state index is 12.5. The Balaban J connectivity index is 1.30. The first-order chi connectivity index (χ1) is 15.5. The van der Waals surface area contributed by atoms with Gasteiger partial charge in [-0.25, -0.2) is 0 Å². The summed E-state index contributed by atoms with van der Waals surface area (Å²) in [4.78, 5) is 25.0. The fraction of sp³-hybridized carbons (Fsp3) is 0.545. The van der Waals surface area contributed by atoms with Gasteiger partial charge < -0.3 is 24.7 Å². The Bertz CT molecular complexity index is 979. The molecule has 0 bridgehead atoms. The number of hydrogen-bond donors (Lipinski definition) is 2. The van der Waals surface area contributed by atoms with E-state index in [2.05, 4.69) is 27.8 Å². The summed E-state index contributed by atoms with van der Waals surface area (Å²) in [5, 5.41) is 15.2. The molecule has 1 aromatic heterocycles. The van der Waals surface area contributed by atoms with Gasteiger partial charge in [0.05, 0.1) is 12.3 Å². The topological polar surface area (TPSA) is 107 Å². The second-order valence-electron chi connectivity index (χ2n) is 8.12. The number of hydrogen-bond acceptors (Lipinski definition) is 7. The number of nitrogens with zero attached hydrogens (tertiary/aromatic N) is 3. The van der Waals surface area contributed by atoms with Gasteiger partial charge in [-0.05, 0) is 43.9 Å². The van der Waals surface area contributed by atoms with Gasteiger partial charge in [-0.2, -0.15) is 0 Å². The van der Waals surface area contributed by atoms with Crippen molar-refractivity contribution >= 4 is 23.6 Å². The quantitative estimate of drug-likeness (QED) is 0.585. The summed E-state index contributed by atoms with van der Waals surface area (Å²) >= 11 is 1.37. The van der Waals surface area contributed by atoms with Gasteiger partial charge in [0.25, 0.3) is 5.91 Å². The van der Waals surface area contributed by atoms with Crippen LogP contribution in [0.5, 0.6) is 11.5 Å². The SMILES string of the molecule is CCn1c(CNC(=O)c2ccc3c(c2)OCO3)nnc1SCC(=O)N[C@@H]1CCCC[C@H]1C. The highest BCUT2D eigenvalue weighted by atomic mass is 32.2. The second-order valence-corrected chi connectivity index (χ2v) is 9.06. The Morgan fingerprint density at radius 2 is 2.00 bits per heavy atom. The lowest BCUT2D eigenvalue weighted by Crippen LogP contribution is -2.41. The van der Waals surface area contributed by atoms with Crippen LogP contribution in [0.2, 0.25) is 0 Å². The molecule has 1 aromatic carbocycles. The molecular weight excluding hydrogens is 430 g/mol. The fourth-order valence-electron chi connectivity index (χ4n) is 4.08. The van der Waals surface area contributed by atoms with Crippen LogP contribution in [0.4, 0.5) is 0 Å². The van der Waals surface area contributed by atoms with E-state index in [4.69, 9.17) is 9.47 Å². The average molecular weight is 460 g/mol. The molecule has 2 aliphatic rings. The summed E-state index contributed by atoms with van der Waals surface area (Å²) in [6, 6.07) is 5.35. The molecule has 0 saturated heterocycles. The predicted molar refractivity (Wildman–Crippen MR) is 120 cm³/mol. The largest absolute Gasteiger partial charge is 0.454 e. The highest BCUT2D eigenvalue weighted by Crippen LogP contribution is 2.32. The van der Waals surface area contributed by atoms with Crippen LogP contribution in [0.15, 0.2) is 23.4 Å². The Morgan fingerprint density at radius 3 is 2.81 bits per heavy atom. The summed E-state index contributed by atoms with van der Waals surface area (Å²) in [7, 11) is 0. The van der Waals surface area contributed by atoms with E-state index in [1.807, 2.05) is 11.5 Å². The van der Waals surface area contributed by atoms with Gasteiger partial charge in [-0.15, -0.1) is 10.2 Å². The number of nitrogens with one attached hydrogen (secondary N) is 2. The molecule has 0 radical (unpaired) electrons. The third-order valence-electron chi connectivity index (χ3n) is 5.94. The molecule has 10 heteroatoms. The van der Waals surface area contributed by atoms with Crippen LogP contribution in [0.3, 0.4) is 0 Å². The lowest BCUT2D eigenvalue weighted by Gasteiger charge is -2.29. The number of carbonyl (C=O) groups excluding carboxylic acids is 2. The zero-order chi connectivity index (χ0) is 22.5. The van der Waals surface area contributed by atoms with E-state index >= 15 is 0 Å². The van der Waals surface area contributed by atoms with Crippen LogP contribution in [0.1, 0.15) is 55.7 Å². The Morgan fingerprint density at radius 1 is 1.19 bits per heavy atom. The van der Waals surface area contributed by atoms with E-state index < -0.39 is 0 Å². The molecule has 172 valence electrons. The highest BCUT2D eigenvalue weighted by molar-refractivity contribution is 7.99. The summed E-state index contributed by atoms with van der Waals surface area (Å²) in [6.45, 7) is 5.24. The van der Waals surface area contributed by atoms with Crippen molar-refractivity contribution in [2.45, 2.75) is 63.8 Å². The van der Waals surface area contributed by atoms with Gasteiger partial charge in [-0.1, -0.05) is 31.5 Å². The zero-order valence-electron chi connectivity index (χ0n) is 18.4. The minimum absolute atomic E-state index is 0.0251. The van der Waals surface area contributed by atoms with Gasteiger partial charge >= 0.3 is 0 Å². The predicted octanol–water partition coefficient (Wildman–Crippen LogP) is 2.74. The van der Waals surface area contributed by atoms with E-state index in [9.17, 15) is 9.59 Å². The molecule has 2 amide bonds. The molecule has 2 N–H and O–H groups in total. The number of amides is 2. The van der Waals surface area contributed by atoms with Crippen LogP contribution in [0.25, 0.3) is 0 Å². The van der Waals surface area contributed by atoms with Crippen molar-refractivity contribution < 1.29 is 19.1 Å². The van der Waals surface area contributed by atoms with Crippen molar-refractivity contribution in [3.05, 3.63) is 29.6 Å². The molecular formula is C22H29N5O4S. The Labute approximate surface area is 191 Å². The summed E-state index contributed by atoms with van der Waals surface area (Å²) in [5.41, 5.74) is 0.486. The number of aromatic nitrogens is 3. The molecule has 1 aliphatic heterocycles. The minimum Gasteiger partial charge on any atom is -0.454 e. The first kappa shape index (κ1) is 22.4. The van der Waals surface area contributed by atoms with Gasteiger partial charge in [-0.3, -0.25) is 9.59 Å². The smallest absolute Gasteiger partial charge is 0.251 e. The molecule has 2 heterocycles. The van der Waals surface area contributed by atoms with Gasteiger partial charge in [0, 0.05) is 18.2 Å². The monoisotopic (exact) mass is 459 g/mol. The van der Waals surface area contributed by atoms with Gasteiger partial charge in [0.2, 0.25) is 12.7 Å². The molecule has 32 heavy (non-hydrogen) atoms. The van der Waals surface area contributed by atoms with Crippen molar-refractivity contribution in [3.63, 3.8) is 0 Å². The summed E-state index contributed by atoms with van der Waals surface area (Å²) in [5.74, 6) is 2.46. The normalized spacial score (nSPS) is 19.6. The van der Waals surface area contributed by atoms with Crippen molar-refractivity contribution in [1.29, 1.82) is 0 Å². The summed E-state index contributed by atoms with van der Waals surface area (Å²) < 4.78 is 12.5. The maximum atomic E-state index is 12.5. The van der Waals surface area contributed by atoms with Crippen LogP contribution >= 0.6 is 11.8 Å². The van der Waals surface area contributed by atoms with Gasteiger partial charge in [0.1, 0.15) is 0 Å². The van der Waals surface area contributed by atoms with Crippen molar-refractivity contribution in [2.24, 2.45) is 5.92 Å². The molecule has 9 nitrogen and oxygen atoms in total. The lowest BCUT2D eigenvalue weighted by atomic mass is 9.86. The number of benzene rings is 1. The van der Waals surface area contributed by atoms with Crippen LogP contribution < -0.4 is 20.1 Å². The number of carbonyl (C=O) groups is 2. The van der Waals surface area contributed by atoms with Crippen molar-refractivity contribution in [3.8, 4) is 11.5 Å². The lowest BCUT2D eigenvalue weighted by molar-refractivity contribution is -0.119. The van der Waals surface area contributed by atoms with Gasteiger partial charge in [0.15, 0.2) is 22.5 Å². The number of thioether (sulfide) groups is 1.